The number of hydrogen-bond acceptors (Lipinski definition) is 8. The second-order valence-electron chi connectivity index (χ2n) is 9.95. The molecule has 4 aromatic rings. The van der Waals surface area contributed by atoms with Crippen LogP contribution in [-0.2, 0) is 0 Å². The second kappa shape index (κ2) is 7.29. The van der Waals surface area contributed by atoms with Crippen LogP contribution >= 0.6 is 0 Å². The molecular formula is C24H28N10. The SMILES string of the molecule is c1ccc2c(c1)nnn2[C@@H]1[C@@H](n2nnc3ccccc32)N2CCCN3CCN4CCCN1[C@@H]4[C@H]32. The molecule has 4 saturated heterocycles. The van der Waals surface area contributed by atoms with Gasteiger partial charge in [0.25, 0.3) is 0 Å². The van der Waals surface area contributed by atoms with E-state index in [-0.39, 0.29) is 12.3 Å². The highest BCUT2D eigenvalue weighted by Crippen LogP contribution is 2.46. The summed E-state index contributed by atoms with van der Waals surface area (Å²) in [6.45, 7) is 6.69. The zero-order chi connectivity index (χ0) is 22.2. The first-order chi connectivity index (χ1) is 16.9. The van der Waals surface area contributed by atoms with E-state index in [9.17, 15) is 0 Å². The molecule has 4 aliphatic heterocycles. The van der Waals surface area contributed by atoms with Crippen LogP contribution in [0.25, 0.3) is 22.1 Å². The first kappa shape index (κ1) is 19.4. The molecule has 0 aliphatic carbocycles. The molecule has 4 fully saturated rings. The summed E-state index contributed by atoms with van der Waals surface area (Å²) in [5, 5.41) is 18.6. The zero-order valence-corrected chi connectivity index (χ0v) is 19.1. The normalized spacial score (nSPS) is 30.7. The van der Waals surface area contributed by atoms with Gasteiger partial charge >= 0.3 is 0 Å². The fraction of sp³-hybridized carbons (Fsp3) is 0.500. The summed E-state index contributed by atoms with van der Waals surface area (Å²) in [5.74, 6) is 0. The number of piperazine rings is 2. The lowest BCUT2D eigenvalue weighted by atomic mass is 9.97. The molecule has 0 amide bonds. The summed E-state index contributed by atoms with van der Waals surface area (Å²) in [7, 11) is 0. The number of para-hydroxylation sites is 2. The summed E-state index contributed by atoms with van der Waals surface area (Å²) in [6.07, 6.45) is 2.97. The smallest absolute Gasteiger partial charge is 0.144 e. The van der Waals surface area contributed by atoms with E-state index >= 15 is 0 Å². The van der Waals surface area contributed by atoms with E-state index in [1.165, 1.54) is 13.1 Å². The van der Waals surface area contributed by atoms with Gasteiger partial charge in [-0.05, 0) is 37.1 Å². The average molecular weight is 457 g/mol. The van der Waals surface area contributed by atoms with Crippen LogP contribution in [0.15, 0.2) is 48.5 Å². The van der Waals surface area contributed by atoms with Crippen molar-refractivity contribution in [3.63, 3.8) is 0 Å². The van der Waals surface area contributed by atoms with Crippen molar-refractivity contribution in [1.82, 2.24) is 49.6 Å². The van der Waals surface area contributed by atoms with Gasteiger partial charge in [0.1, 0.15) is 23.4 Å². The van der Waals surface area contributed by atoms with Gasteiger partial charge in [0, 0.05) is 39.3 Å². The Labute approximate surface area is 197 Å². The van der Waals surface area contributed by atoms with Crippen molar-refractivity contribution in [3.8, 4) is 0 Å². The number of fused-ring (bicyclic) bond motifs is 2. The molecule has 6 heterocycles. The summed E-state index contributed by atoms with van der Waals surface area (Å²) in [4.78, 5) is 10.8. The number of benzene rings is 2. The second-order valence-corrected chi connectivity index (χ2v) is 9.95. The lowest BCUT2D eigenvalue weighted by Gasteiger charge is -2.65. The molecule has 2 aromatic carbocycles. The third-order valence-electron chi connectivity index (χ3n) is 8.29. The van der Waals surface area contributed by atoms with E-state index < -0.39 is 0 Å². The molecule has 4 aliphatic rings. The fourth-order valence-corrected chi connectivity index (χ4v) is 6.94. The van der Waals surface area contributed by atoms with Gasteiger partial charge in [-0.2, -0.15) is 0 Å². The van der Waals surface area contributed by atoms with Gasteiger partial charge in [-0.3, -0.25) is 19.6 Å². The summed E-state index contributed by atoms with van der Waals surface area (Å²) in [5.41, 5.74) is 4.01. The fourth-order valence-electron chi connectivity index (χ4n) is 6.94. The first-order valence-electron chi connectivity index (χ1n) is 12.5. The molecule has 10 nitrogen and oxygen atoms in total. The van der Waals surface area contributed by atoms with Gasteiger partial charge in [0.2, 0.25) is 0 Å². The molecule has 0 spiro atoms. The van der Waals surface area contributed by atoms with Gasteiger partial charge in [0.15, 0.2) is 0 Å². The Morgan fingerprint density at radius 3 is 1.50 bits per heavy atom. The molecule has 8 rings (SSSR count). The van der Waals surface area contributed by atoms with Crippen LogP contribution < -0.4 is 0 Å². The van der Waals surface area contributed by atoms with E-state index in [4.69, 9.17) is 10.4 Å². The summed E-state index contributed by atoms with van der Waals surface area (Å²) < 4.78 is 4.31. The Hall–Kier alpha value is -2.92. The molecule has 0 saturated carbocycles. The Morgan fingerprint density at radius 2 is 1.00 bits per heavy atom. The van der Waals surface area contributed by atoms with Crippen LogP contribution in [-0.4, -0.2) is 101 Å². The minimum Gasteiger partial charge on any atom is -0.284 e. The van der Waals surface area contributed by atoms with Gasteiger partial charge in [-0.15, -0.1) is 10.2 Å². The van der Waals surface area contributed by atoms with Crippen molar-refractivity contribution in [2.24, 2.45) is 0 Å². The van der Waals surface area contributed by atoms with Crippen molar-refractivity contribution >= 4 is 22.1 Å². The molecule has 0 radical (unpaired) electrons. The number of aromatic nitrogens is 6. The first-order valence-corrected chi connectivity index (χ1v) is 12.5. The standard InChI is InChI=1S/C24H28N10/c1-3-9-19-17(7-1)25-27-33(19)23-24(34-20-10-4-2-8-18(20)26-28-34)32-14-6-12-30-16-15-29-11-5-13-31(23)21(29)22(30)32/h1-4,7-10,21-24H,5-6,11-16H2/t21-,22-,23-,24-/m1/s1. The third kappa shape index (κ3) is 2.59. The van der Waals surface area contributed by atoms with Crippen molar-refractivity contribution in [3.05, 3.63) is 48.5 Å². The Morgan fingerprint density at radius 1 is 0.529 bits per heavy atom. The summed E-state index contributed by atoms with van der Waals surface area (Å²) in [6, 6.07) is 16.6. The van der Waals surface area contributed by atoms with Crippen LogP contribution in [0.4, 0.5) is 0 Å². The monoisotopic (exact) mass is 456 g/mol. The van der Waals surface area contributed by atoms with Crippen molar-refractivity contribution in [2.75, 3.05) is 39.3 Å². The lowest BCUT2D eigenvalue weighted by molar-refractivity contribution is -0.248. The zero-order valence-electron chi connectivity index (χ0n) is 19.1. The van der Waals surface area contributed by atoms with Crippen LogP contribution in [0.5, 0.6) is 0 Å². The van der Waals surface area contributed by atoms with E-state index in [0.29, 0.717) is 12.3 Å². The molecular weight excluding hydrogens is 428 g/mol. The molecule has 2 aromatic heterocycles. The molecule has 0 bridgehead atoms. The molecule has 10 heteroatoms. The molecule has 34 heavy (non-hydrogen) atoms. The maximum Gasteiger partial charge on any atom is 0.144 e. The Kier molecular flexibility index (Phi) is 4.16. The molecule has 4 atom stereocenters. The third-order valence-corrected chi connectivity index (χ3v) is 8.29. The lowest BCUT2D eigenvalue weighted by Crippen LogP contribution is -2.79. The average Bonchev–Trinajstić information content (AvgIpc) is 3.51. The van der Waals surface area contributed by atoms with E-state index in [2.05, 4.69) is 75.6 Å². The highest BCUT2D eigenvalue weighted by atomic mass is 15.7. The quantitative estimate of drug-likeness (QED) is 0.450. The summed E-state index contributed by atoms with van der Waals surface area (Å²) >= 11 is 0. The molecule has 174 valence electrons. The molecule has 0 unspecified atom stereocenters. The number of hydrogen-bond donors (Lipinski definition) is 0. The van der Waals surface area contributed by atoms with Crippen LogP contribution in [0.1, 0.15) is 25.2 Å². The Balaban J connectivity index is 1.38. The van der Waals surface area contributed by atoms with Gasteiger partial charge in [0.05, 0.1) is 23.4 Å². The minimum atomic E-state index is -0.0281. The van der Waals surface area contributed by atoms with Crippen LogP contribution in [0.2, 0.25) is 0 Å². The maximum atomic E-state index is 4.75. The largest absolute Gasteiger partial charge is 0.284 e. The predicted octanol–water partition coefficient (Wildman–Crippen LogP) is 1.57. The van der Waals surface area contributed by atoms with Gasteiger partial charge < -0.3 is 0 Å². The topological polar surface area (TPSA) is 74.4 Å². The maximum absolute atomic E-state index is 4.75. The van der Waals surface area contributed by atoms with Crippen molar-refractivity contribution < 1.29 is 0 Å². The van der Waals surface area contributed by atoms with Crippen molar-refractivity contribution in [1.29, 1.82) is 0 Å². The van der Waals surface area contributed by atoms with Crippen molar-refractivity contribution in [2.45, 2.75) is 37.5 Å². The van der Waals surface area contributed by atoms with E-state index in [0.717, 1.165) is 61.1 Å². The number of nitrogens with zero attached hydrogens (tertiary/aromatic N) is 10. The van der Waals surface area contributed by atoms with E-state index in [1.54, 1.807) is 0 Å². The highest BCUT2D eigenvalue weighted by molar-refractivity contribution is 5.75. The van der Waals surface area contributed by atoms with Crippen LogP contribution in [0.3, 0.4) is 0 Å². The molecule has 0 N–H and O–H groups in total. The Bertz CT molecular complexity index is 1260. The van der Waals surface area contributed by atoms with Crippen LogP contribution in [0, 0.1) is 0 Å². The van der Waals surface area contributed by atoms with E-state index in [1.807, 2.05) is 12.1 Å². The van der Waals surface area contributed by atoms with Gasteiger partial charge in [-0.25, -0.2) is 9.36 Å². The predicted molar refractivity (Wildman–Crippen MR) is 126 cm³/mol. The number of rotatable bonds is 2. The van der Waals surface area contributed by atoms with Gasteiger partial charge in [-0.1, -0.05) is 34.7 Å². The highest BCUT2D eigenvalue weighted by Gasteiger charge is 2.57. The minimum absolute atomic E-state index is 0.0281.